The van der Waals surface area contributed by atoms with Crippen LogP contribution < -0.4 is 21.7 Å². The number of nitrogens with two attached hydrogens (primary N) is 1. The zero-order chi connectivity index (χ0) is 27.9. The molecule has 39 heavy (non-hydrogen) atoms. The first-order chi connectivity index (χ1) is 18.8. The molecule has 2 aliphatic carbocycles. The van der Waals surface area contributed by atoms with E-state index >= 15 is 0 Å². The second-order valence-electron chi connectivity index (χ2n) is 10.4. The molecule has 0 bridgehead atoms. The van der Waals surface area contributed by atoms with Crippen molar-refractivity contribution in [3.8, 4) is 0 Å². The van der Waals surface area contributed by atoms with Crippen molar-refractivity contribution in [1.82, 2.24) is 25.8 Å². The Hall–Kier alpha value is -3.44. The van der Waals surface area contributed by atoms with Crippen LogP contribution in [0.5, 0.6) is 0 Å². The number of likely N-dealkylation sites (N-methyl/N-ethyl adjacent to an activating group) is 1. The van der Waals surface area contributed by atoms with E-state index in [2.05, 4.69) is 49.9 Å². The summed E-state index contributed by atoms with van der Waals surface area (Å²) in [4.78, 5) is 33.7. The van der Waals surface area contributed by atoms with E-state index in [1.807, 2.05) is 13.0 Å². The van der Waals surface area contributed by atoms with Crippen molar-refractivity contribution < 1.29 is 14.3 Å². The molecule has 0 aromatic heterocycles. The largest absolute Gasteiger partial charge is 0.372 e. The lowest BCUT2D eigenvalue weighted by atomic mass is 9.92. The second kappa shape index (κ2) is 13.1. The molecule has 11 heteroatoms. The molecule has 11 nitrogen and oxygen atoms in total. The number of piperazine rings is 1. The highest BCUT2D eigenvalue weighted by Gasteiger charge is 2.32. The van der Waals surface area contributed by atoms with Gasteiger partial charge in [0.25, 0.3) is 5.91 Å². The number of amides is 2. The van der Waals surface area contributed by atoms with Crippen molar-refractivity contribution in [2.24, 2.45) is 10.7 Å². The number of carbonyl (C=O) groups is 2. The van der Waals surface area contributed by atoms with Gasteiger partial charge >= 0.3 is 0 Å². The fourth-order valence-corrected chi connectivity index (χ4v) is 5.25. The summed E-state index contributed by atoms with van der Waals surface area (Å²) in [5.41, 5.74) is 9.64. The van der Waals surface area contributed by atoms with Crippen molar-refractivity contribution in [2.75, 3.05) is 33.2 Å². The van der Waals surface area contributed by atoms with Gasteiger partial charge in [0.15, 0.2) is 11.9 Å². The van der Waals surface area contributed by atoms with E-state index < -0.39 is 12.1 Å². The van der Waals surface area contributed by atoms with Crippen molar-refractivity contribution >= 4 is 23.7 Å². The average molecular weight is 539 g/mol. The number of nitrogens with one attached hydrogen (secondary N) is 4. The molecule has 6 N–H and O–H groups in total. The molecule has 0 saturated carbocycles. The third-order valence-corrected chi connectivity index (χ3v) is 7.66. The number of carbonyl (C=O) groups excluding carboxylic acids is 2. The second-order valence-corrected chi connectivity index (χ2v) is 10.4. The summed E-state index contributed by atoms with van der Waals surface area (Å²) in [6, 6.07) is -0.276. The maximum Gasteiger partial charge on any atom is 0.271 e. The number of hydrogen-bond donors (Lipinski definition) is 5. The van der Waals surface area contributed by atoms with Gasteiger partial charge in [0, 0.05) is 50.2 Å². The fourth-order valence-electron chi connectivity index (χ4n) is 5.25. The van der Waals surface area contributed by atoms with Gasteiger partial charge in [-0.25, -0.2) is 4.99 Å². The lowest BCUT2D eigenvalue weighted by Gasteiger charge is -2.37. The molecular weight excluding hydrogens is 496 g/mol. The predicted molar refractivity (Wildman–Crippen MR) is 152 cm³/mol. The Labute approximate surface area is 230 Å². The Balaban J connectivity index is 1.46. The van der Waals surface area contributed by atoms with E-state index in [0.717, 1.165) is 50.3 Å². The summed E-state index contributed by atoms with van der Waals surface area (Å²) < 4.78 is 6.45. The summed E-state index contributed by atoms with van der Waals surface area (Å²) in [7, 11) is 2.15. The molecule has 2 amide bonds. The van der Waals surface area contributed by atoms with Crippen molar-refractivity contribution in [3.05, 3.63) is 46.7 Å². The first-order valence-electron chi connectivity index (χ1n) is 13.9. The number of ether oxygens (including phenoxy) is 1. The van der Waals surface area contributed by atoms with Gasteiger partial charge in [-0.1, -0.05) is 19.9 Å². The van der Waals surface area contributed by atoms with E-state index in [4.69, 9.17) is 15.9 Å². The number of hydrogen-bond acceptors (Lipinski definition) is 9. The van der Waals surface area contributed by atoms with Crippen LogP contribution in [0.15, 0.2) is 51.7 Å². The minimum absolute atomic E-state index is 0.0638. The third kappa shape index (κ3) is 7.15. The summed E-state index contributed by atoms with van der Waals surface area (Å²) in [6.07, 6.45) is 10.5. The van der Waals surface area contributed by atoms with Crippen LogP contribution in [0.25, 0.3) is 0 Å². The van der Waals surface area contributed by atoms with E-state index in [9.17, 15) is 9.59 Å². The topological polar surface area (TPSA) is 148 Å². The zero-order valence-corrected chi connectivity index (χ0v) is 23.3. The maximum atomic E-state index is 12.3. The lowest BCUT2D eigenvalue weighted by molar-refractivity contribution is -0.121. The summed E-state index contributed by atoms with van der Waals surface area (Å²) in [6.45, 7) is 7.96. The third-order valence-electron chi connectivity index (χ3n) is 7.66. The van der Waals surface area contributed by atoms with E-state index in [-0.39, 0.29) is 23.8 Å². The van der Waals surface area contributed by atoms with Crippen LogP contribution in [0.1, 0.15) is 52.4 Å². The highest BCUT2D eigenvalue weighted by molar-refractivity contribution is 5.99. The van der Waals surface area contributed by atoms with Crippen LogP contribution in [0.2, 0.25) is 0 Å². The summed E-state index contributed by atoms with van der Waals surface area (Å²) in [5, 5.41) is 17.4. The fraction of sp³-hybridized carbons (Fsp3) is 0.571. The van der Waals surface area contributed by atoms with Crippen LogP contribution in [0, 0.1) is 5.41 Å². The van der Waals surface area contributed by atoms with Gasteiger partial charge in [-0.3, -0.25) is 9.59 Å². The Morgan fingerprint density at radius 1 is 1.23 bits per heavy atom. The Morgan fingerprint density at radius 2 is 2.00 bits per heavy atom. The molecular formula is C28H42N8O3. The molecule has 3 unspecified atom stereocenters. The summed E-state index contributed by atoms with van der Waals surface area (Å²) >= 11 is 0. The van der Waals surface area contributed by atoms with E-state index in [1.54, 1.807) is 6.92 Å². The number of primary amides is 1. The van der Waals surface area contributed by atoms with Crippen molar-refractivity contribution in [2.45, 2.75) is 70.7 Å². The first-order valence-corrected chi connectivity index (χ1v) is 13.9. The molecule has 0 radical (unpaired) electrons. The van der Waals surface area contributed by atoms with Crippen LogP contribution in [-0.2, 0) is 14.3 Å². The first kappa shape index (κ1) is 28.6. The molecule has 1 fully saturated rings. The Morgan fingerprint density at radius 3 is 2.62 bits per heavy atom. The average Bonchev–Trinajstić information content (AvgIpc) is 2.94. The highest BCUT2D eigenvalue weighted by Crippen LogP contribution is 2.26. The van der Waals surface area contributed by atoms with E-state index in [0.29, 0.717) is 37.2 Å². The molecule has 4 aliphatic rings. The molecule has 0 aromatic carbocycles. The van der Waals surface area contributed by atoms with Gasteiger partial charge in [-0.2, -0.15) is 0 Å². The van der Waals surface area contributed by atoms with Gasteiger partial charge in [0.2, 0.25) is 5.91 Å². The molecule has 1 saturated heterocycles. The Bertz CT molecular complexity index is 1110. The molecule has 0 aromatic rings. The van der Waals surface area contributed by atoms with Gasteiger partial charge < -0.3 is 41.6 Å². The van der Waals surface area contributed by atoms with Gasteiger partial charge in [0.05, 0.1) is 17.9 Å². The van der Waals surface area contributed by atoms with Crippen molar-refractivity contribution in [3.63, 3.8) is 0 Å². The van der Waals surface area contributed by atoms with Crippen LogP contribution in [-0.4, -0.2) is 85.1 Å². The van der Waals surface area contributed by atoms with Crippen LogP contribution in [0.3, 0.4) is 0 Å². The molecule has 212 valence electrons. The number of aliphatic imine (C=N–C) groups is 1. The van der Waals surface area contributed by atoms with Crippen molar-refractivity contribution in [1.29, 1.82) is 5.41 Å². The van der Waals surface area contributed by atoms with Gasteiger partial charge in [-0.15, -0.1) is 0 Å². The molecule has 3 atom stereocenters. The van der Waals surface area contributed by atoms with Crippen LogP contribution >= 0.6 is 0 Å². The normalized spacial score (nSPS) is 26.0. The standard InChI is InChI=1S/C28H42N8O3/c1-4-22-28(39-21-11-6-18(17-29)23(16-21)32-24(37)5-2)34-27(25(33-22)26(30)38)31-19-7-9-20(10-8-19)36-14-12-35(3)13-15-36/h6-7,9,17,21,23,28-29,31,34H,4-5,8,10-16H2,1-3H3,(H2,30,38)(H,32,37). The smallest absolute Gasteiger partial charge is 0.271 e. The van der Waals surface area contributed by atoms with E-state index in [1.165, 1.54) is 11.9 Å². The predicted octanol–water partition coefficient (Wildman–Crippen LogP) is 1.47. The van der Waals surface area contributed by atoms with Gasteiger partial charge in [-0.05, 0) is 56.9 Å². The molecule has 2 aliphatic heterocycles. The van der Waals surface area contributed by atoms with Gasteiger partial charge in [0.1, 0.15) is 5.82 Å². The lowest BCUT2D eigenvalue weighted by Crippen LogP contribution is -2.50. The molecule has 4 rings (SSSR count). The summed E-state index contributed by atoms with van der Waals surface area (Å²) in [5.74, 6) is -0.237. The molecule has 2 heterocycles. The number of rotatable bonds is 10. The monoisotopic (exact) mass is 538 g/mol. The Kier molecular flexibility index (Phi) is 9.58. The number of allylic oxidation sites excluding steroid dienone is 4. The van der Waals surface area contributed by atoms with Crippen LogP contribution in [0.4, 0.5) is 0 Å². The zero-order valence-electron chi connectivity index (χ0n) is 23.3. The minimum atomic E-state index is -0.613. The molecule has 0 spiro atoms. The highest BCUT2D eigenvalue weighted by atomic mass is 16.5. The SMILES string of the molecule is CCC(=O)NC1CC(OC2NC(NC3=CC=C(N4CCN(C)CC4)CC3)=C(C(N)=O)N=C2CC)CC=C1C=N. The quantitative estimate of drug-likeness (QED) is 0.265. The maximum absolute atomic E-state index is 12.3. The minimum Gasteiger partial charge on any atom is -0.372 e. The number of nitrogens with zero attached hydrogens (tertiary/aromatic N) is 3.